The molecule has 1 atom stereocenters. The number of carbonyl (C=O) groups is 1. The van der Waals surface area contributed by atoms with Crippen LogP contribution in [0.3, 0.4) is 0 Å². The van der Waals surface area contributed by atoms with E-state index in [2.05, 4.69) is 5.32 Å². The van der Waals surface area contributed by atoms with Gasteiger partial charge in [-0.05, 0) is 27.7 Å². The van der Waals surface area contributed by atoms with Gasteiger partial charge in [0.05, 0.1) is 16.6 Å². The fourth-order valence-corrected chi connectivity index (χ4v) is 1.53. The first-order valence-electron chi connectivity index (χ1n) is 5.01. The van der Waals surface area contributed by atoms with Gasteiger partial charge in [-0.2, -0.15) is 0 Å². The van der Waals surface area contributed by atoms with Crippen LogP contribution in [0.25, 0.3) is 0 Å². The van der Waals surface area contributed by atoms with Crippen molar-refractivity contribution in [3.63, 3.8) is 0 Å². The lowest BCUT2D eigenvalue weighted by Crippen LogP contribution is -2.41. The van der Waals surface area contributed by atoms with Gasteiger partial charge in [-0.15, -0.1) is 0 Å². The van der Waals surface area contributed by atoms with Crippen molar-refractivity contribution >= 4 is 23.1 Å². The van der Waals surface area contributed by atoms with E-state index in [9.17, 15) is 4.79 Å². The second kappa shape index (κ2) is 4.65. The highest BCUT2D eigenvalue weighted by Gasteiger charge is 2.20. The Morgan fingerprint density at radius 1 is 1.38 bits per heavy atom. The van der Waals surface area contributed by atoms with Crippen LogP contribution in [0.15, 0.2) is 4.42 Å². The van der Waals surface area contributed by atoms with E-state index in [-0.39, 0.29) is 16.9 Å². The topological polar surface area (TPSA) is 68.3 Å². The van der Waals surface area contributed by atoms with Crippen molar-refractivity contribution in [2.75, 3.05) is 0 Å². The average Bonchev–Trinajstić information content (AvgIpc) is 2.40. The van der Waals surface area contributed by atoms with Gasteiger partial charge < -0.3 is 15.5 Å². The minimum atomic E-state index is -0.323. The average molecular weight is 240 g/mol. The lowest BCUT2D eigenvalue weighted by atomic mass is 10.1. The number of hydrogen-bond donors (Lipinski definition) is 2. The van der Waals surface area contributed by atoms with Crippen molar-refractivity contribution in [3.8, 4) is 0 Å². The Bertz CT molecular complexity index is 437. The van der Waals surface area contributed by atoms with Crippen molar-refractivity contribution in [1.82, 2.24) is 5.32 Å². The molecule has 1 unspecified atom stereocenters. The lowest BCUT2D eigenvalue weighted by Gasteiger charge is -2.11. The summed E-state index contributed by atoms with van der Waals surface area (Å²) in [7, 11) is 0. The van der Waals surface area contributed by atoms with Crippen LogP contribution in [-0.2, 0) is 0 Å². The predicted molar refractivity (Wildman–Crippen MR) is 66.6 cm³/mol. The molecule has 0 aliphatic heterocycles. The summed E-state index contributed by atoms with van der Waals surface area (Å²) >= 11 is 4.80. The molecule has 0 fully saturated rings. The maximum atomic E-state index is 11.9. The Morgan fingerprint density at radius 3 is 2.31 bits per heavy atom. The number of aryl methyl sites for hydroxylation is 2. The SMILES string of the molecule is Cc1oc(C)c(C(=O)NC(C)C(N)=S)c1C. The summed E-state index contributed by atoms with van der Waals surface area (Å²) in [6.07, 6.45) is 0. The zero-order chi connectivity index (χ0) is 12.5. The van der Waals surface area contributed by atoms with E-state index in [0.717, 1.165) is 11.3 Å². The van der Waals surface area contributed by atoms with E-state index in [1.54, 1.807) is 13.8 Å². The van der Waals surface area contributed by atoms with Gasteiger partial charge >= 0.3 is 0 Å². The minimum Gasteiger partial charge on any atom is -0.466 e. The summed E-state index contributed by atoms with van der Waals surface area (Å²) in [5.41, 5.74) is 6.86. The van der Waals surface area contributed by atoms with Gasteiger partial charge in [0.15, 0.2) is 0 Å². The van der Waals surface area contributed by atoms with E-state index >= 15 is 0 Å². The second-order valence-electron chi connectivity index (χ2n) is 3.81. The summed E-state index contributed by atoms with van der Waals surface area (Å²) in [5.74, 6) is 1.17. The Balaban J connectivity index is 2.93. The molecule has 1 rings (SSSR count). The van der Waals surface area contributed by atoms with Crippen LogP contribution in [0.4, 0.5) is 0 Å². The van der Waals surface area contributed by atoms with Gasteiger partial charge in [-0.1, -0.05) is 12.2 Å². The summed E-state index contributed by atoms with van der Waals surface area (Å²) < 4.78 is 5.38. The number of carbonyl (C=O) groups excluding carboxylic acids is 1. The van der Waals surface area contributed by atoms with Crippen LogP contribution < -0.4 is 11.1 Å². The van der Waals surface area contributed by atoms with Crippen molar-refractivity contribution in [3.05, 3.63) is 22.6 Å². The first-order chi connectivity index (χ1) is 7.34. The first-order valence-corrected chi connectivity index (χ1v) is 5.42. The minimum absolute atomic E-state index is 0.202. The van der Waals surface area contributed by atoms with Crippen LogP contribution in [0, 0.1) is 20.8 Å². The van der Waals surface area contributed by atoms with E-state index < -0.39 is 0 Å². The molecule has 16 heavy (non-hydrogen) atoms. The number of nitrogens with two attached hydrogens (primary N) is 1. The molecule has 0 aliphatic carbocycles. The molecule has 0 bridgehead atoms. The Morgan fingerprint density at radius 2 is 1.94 bits per heavy atom. The number of furan rings is 1. The highest BCUT2D eigenvalue weighted by Crippen LogP contribution is 2.20. The number of thiocarbonyl (C=S) groups is 1. The smallest absolute Gasteiger partial charge is 0.255 e. The van der Waals surface area contributed by atoms with Crippen molar-refractivity contribution in [1.29, 1.82) is 0 Å². The molecule has 1 heterocycles. The molecule has 1 amide bonds. The molecule has 1 aromatic heterocycles. The Labute approximate surface area is 100 Å². The Kier molecular flexibility index (Phi) is 3.70. The van der Waals surface area contributed by atoms with E-state index in [4.69, 9.17) is 22.4 Å². The molecule has 0 saturated carbocycles. The lowest BCUT2D eigenvalue weighted by molar-refractivity contribution is 0.0947. The van der Waals surface area contributed by atoms with Gasteiger partial charge in [-0.25, -0.2) is 0 Å². The van der Waals surface area contributed by atoms with Crippen molar-refractivity contribution in [2.45, 2.75) is 33.7 Å². The van der Waals surface area contributed by atoms with Crippen molar-refractivity contribution in [2.24, 2.45) is 5.73 Å². The Hall–Kier alpha value is -1.36. The first kappa shape index (κ1) is 12.7. The number of amides is 1. The second-order valence-corrected chi connectivity index (χ2v) is 4.28. The highest BCUT2D eigenvalue weighted by molar-refractivity contribution is 7.80. The van der Waals surface area contributed by atoms with Crippen LogP contribution >= 0.6 is 12.2 Å². The molecule has 0 aromatic carbocycles. The maximum absolute atomic E-state index is 11.9. The molecular weight excluding hydrogens is 224 g/mol. The predicted octanol–water partition coefficient (Wildman–Crippen LogP) is 1.61. The van der Waals surface area contributed by atoms with Crippen LogP contribution in [0.1, 0.15) is 34.4 Å². The van der Waals surface area contributed by atoms with Crippen LogP contribution in [-0.4, -0.2) is 16.9 Å². The van der Waals surface area contributed by atoms with Gasteiger partial charge in [0.2, 0.25) is 0 Å². The quantitative estimate of drug-likeness (QED) is 0.788. The molecule has 88 valence electrons. The highest BCUT2D eigenvalue weighted by atomic mass is 32.1. The molecule has 5 heteroatoms. The summed E-state index contributed by atoms with van der Waals surface area (Å²) in [6.45, 7) is 7.19. The number of nitrogens with one attached hydrogen (secondary N) is 1. The third kappa shape index (κ3) is 2.41. The summed E-state index contributed by atoms with van der Waals surface area (Å²) in [4.78, 5) is 12.2. The summed E-state index contributed by atoms with van der Waals surface area (Å²) in [6, 6.07) is -0.323. The molecule has 0 saturated heterocycles. The third-order valence-corrected chi connectivity index (χ3v) is 2.92. The molecular formula is C11H16N2O2S. The standard InChI is InChI=1S/C11H16N2O2S/c1-5-7(3)15-8(4)9(5)11(14)13-6(2)10(12)16/h6H,1-4H3,(H2,12,16)(H,13,14). The maximum Gasteiger partial charge on any atom is 0.255 e. The van der Waals surface area contributed by atoms with Crippen LogP contribution in [0.5, 0.6) is 0 Å². The zero-order valence-electron chi connectivity index (χ0n) is 9.88. The molecule has 0 radical (unpaired) electrons. The number of hydrogen-bond acceptors (Lipinski definition) is 3. The van der Waals surface area contributed by atoms with Gasteiger partial charge in [-0.3, -0.25) is 4.79 Å². The van der Waals surface area contributed by atoms with Crippen molar-refractivity contribution < 1.29 is 9.21 Å². The largest absolute Gasteiger partial charge is 0.466 e. The van der Waals surface area contributed by atoms with E-state index in [1.165, 1.54) is 0 Å². The van der Waals surface area contributed by atoms with Gasteiger partial charge in [0.25, 0.3) is 5.91 Å². The number of rotatable bonds is 3. The third-order valence-electron chi connectivity index (χ3n) is 2.56. The molecule has 0 spiro atoms. The fraction of sp³-hybridized carbons (Fsp3) is 0.455. The molecule has 0 aliphatic rings. The molecule has 1 aromatic rings. The fourth-order valence-electron chi connectivity index (χ4n) is 1.47. The van der Waals surface area contributed by atoms with E-state index in [0.29, 0.717) is 11.3 Å². The molecule has 4 nitrogen and oxygen atoms in total. The zero-order valence-corrected chi connectivity index (χ0v) is 10.7. The normalized spacial score (nSPS) is 12.2. The van der Waals surface area contributed by atoms with E-state index in [1.807, 2.05) is 13.8 Å². The van der Waals surface area contributed by atoms with Crippen LogP contribution in [0.2, 0.25) is 0 Å². The van der Waals surface area contributed by atoms with Gasteiger partial charge in [0.1, 0.15) is 11.5 Å². The van der Waals surface area contributed by atoms with Gasteiger partial charge in [0, 0.05) is 5.56 Å². The molecule has 3 N–H and O–H groups in total. The monoisotopic (exact) mass is 240 g/mol. The summed E-state index contributed by atoms with van der Waals surface area (Å²) in [5, 5.41) is 2.73.